The molecule has 2 heterocycles. The lowest BCUT2D eigenvalue weighted by atomic mass is 10.0. The number of hydrogen-bond acceptors (Lipinski definition) is 5. The summed E-state index contributed by atoms with van der Waals surface area (Å²) in [5.74, 6) is -0.540. The maximum absolute atomic E-state index is 11.5. The largest absolute Gasteiger partial charge is 0.469 e. The normalized spacial score (nSPS) is 10.9. The van der Waals surface area contributed by atoms with Gasteiger partial charge in [0.15, 0.2) is 0 Å². The van der Waals surface area contributed by atoms with Crippen molar-refractivity contribution in [3.8, 4) is 10.4 Å². The van der Waals surface area contributed by atoms with Crippen LogP contribution in [0.5, 0.6) is 0 Å². The lowest BCUT2D eigenvalue weighted by Crippen LogP contribution is -2.13. The summed E-state index contributed by atoms with van der Waals surface area (Å²) in [6.45, 7) is 0. The Morgan fingerprint density at radius 2 is 2.04 bits per heavy atom. The minimum absolute atomic E-state index is 0.207. The molecule has 0 aliphatic rings. The third-order valence-corrected chi connectivity index (χ3v) is 6.03. The Hall–Kier alpha value is -2.18. The molecular formula is C18H17NO3S2. The molecule has 0 saturated carbocycles. The van der Waals surface area contributed by atoms with E-state index in [0.29, 0.717) is 12.8 Å². The van der Waals surface area contributed by atoms with Crippen LogP contribution < -0.4 is 5.73 Å². The van der Waals surface area contributed by atoms with E-state index in [-0.39, 0.29) is 18.3 Å². The van der Waals surface area contributed by atoms with E-state index in [1.807, 2.05) is 18.2 Å². The number of carbonyl (C=O) groups is 2. The molecule has 2 aromatic heterocycles. The Morgan fingerprint density at radius 1 is 1.25 bits per heavy atom. The van der Waals surface area contributed by atoms with Gasteiger partial charge in [-0.25, -0.2) is 0 Å². The number of ether oxygens (including phenoxy) is 1. The Kier molecular flexibility index (Phi) is 4.97. The van der Waals surface area contributed by atoms with Gasteiger partial charge in [0.2, 0.25) is 5.91 Å². The molecular weight excluding hydrogens is 342 g/mol. The number of hydrogen-bond donors (Lipinski definition) is 1. The SMILES string of the molecule is COC(=O)CCc1cc(-c2sc3ccccc3c2CC(N)=O)cs1. The zero-order valence-electron chi connectivity index (χ0n) is 13.2. The van der Waals surface area contributed by atoms with Crippen molar-refractivity contribution in [3.05, 3.63) is 46.2 Å². The van der Waals surface area contributed by atoms with E-state index in [1.165, 1.54) is 7.11 Å². The van der Waals surface area contributed by atoms with E-state index in [2.05, 4.69) is 22.2 Å². The number of primary amides is 1. The third kappa shape index (κ3) is 3.49. The van der Waals surface area contributed by atoms with Gasteiger partial charge in [0.25, 0.3) is 0 Å². The molecule has 24 heavy (non-hydrogen) atoms. The predicted octanol–water partition coefficient (Wildman–Crippen LogP) is 3.76. The highest BCUT2D eigenvalue weighted by atomic mass is 32.1. The summed E-state index contributed by atoms with van der Waals surface area (Å²) in [7, 11) is 1.40. The van der Waals surface area contributed by atoms with Gasteiger partial charge in [-0.05, 0) is 34.9 Å². The zero-order chi connectivity index (χ0) is 17.1. The number of fused-ring (bicyclic) bond motifs is 1. The van der Waals surface area contributed by atoms with Crippen LogP contribution in [0.3, 0.4) is 0 Å². The molecule has 4 nitrogen and oxygen atoms in total. The van der Waals surface area contributed by atoms with Crippen molar-refractivity contribution >= 4 is 44.6 Å². The number of benzene rings is 1. The van der Waals surface area contributed by atoms with Crippen LogP contribution in [-0.4, -0.2) is 19.0 Å². The summed E-state index contributed by atoms with van der Waals surface area (Å²) in [6.07, 6.45) is 1.26. The number of esters is 1. The number of carbonyl (C=O) groups excluding carboxylic acids is 2. The Labute approximate surface area is 147 Å². The van der Waals surface area contributed by atoms with Gasteiger partial charge >= 0.3 is 5.97 Å². The summed E-state index contributed by atoms with van der Waals surface area (Å²) in [5.41, 5.74) is 7.51. The number of nitrogens with two attached hydrogens (primary N) is 1. The topological polar surface area (TPSA) is 69.4 Å². The highest BCUT2D eigenvalue weighted by Gasteiger charge is 2.16. The van der Waals surface area contributed by atoms with Crippen LogP contribution in [0.15, 0.2) is 35.7 Å². The molecule has 1 amide bonds. The summed E-state index contributed by atoms with van der Waals surface area (Å²) >= 11 is 3.29. The van der Waals surface area contributed by atoms with Gasteiger partial charge in [-0.3, -0.25) is 9.59 Å². The van der Waals surface area contributed by atoms with Gasteiger partial charge in [-0.2, -0.15) is 0 Å². The van der Waals surface area contributed by atoms with Gasteiger partial charge in [-0.1, -0.05) is 18.2 Å². The first-order valence-corrected chi connectivity index (χ1v) is 9.21. The number of aryl methyl sites for hydroxylation is 1. The lowest BCUT2D eigenvalue weighted by molar-refractivity contribution is -0.140. The molecule has 6 heteroatoms. The van der Waals surface area contributed by atoms with E-state index in [4.69, 9.17) is 5.73 Å². The first-order chi connectivity index (χ1) is 11.6. The summed E-state index contributed by atoms with van der Waals surface area (Å²) in [5, 5.41) is 3.15. The van der Waals surface area contributed by atoms with Crippen LogP contribution in [0, 0.1) is 0 Å². The van der Waals surface area contributed by atoms with E-state index in [0.717, 1.165) is 31.0 Å². The molecule has 0 bridgehead atoms. The fourth-order valence-electron chi connectivity index (χ4n) is 2.64. The molecule has 0 aliphatic heterocycles. The summed E-state index contributed by atoms with van der Waals surface area (Å²) in [6, 6.07) is 10.1. The standard InChI is InChI=1S/C18H17NO3S2/c1-22-17(21)7-6-12-8-11(10-23-12)18-14(9-16(19)20)13-4-2-3-5-15(13)24-18/h2-5,8,10H,6-7,9H2,1H3,(H2,19,20). The van der Waals surface area contributed by atoms with Gasteiger partial charge in [-0.15, -0.1) is 22.7 Å². The van der Waals surface area contributed by atoms with Crippen molar-refractivity contribution < 1.29 is 14.3 Å². The Bertz CT molecular complexity index is 895. The van der Waals surface area contributed by atoms with Crippen LogP contribution in [0.2, 0.25) is 0 Å². The maximum atomic E-state index is 11.5. The van der Waals surface area contributed by atoms with Gasteiger partial charge in [0.1, 0.15) is 0 Å². The Morgan fingerprint density at radius 3 is 2.79 bits per heavy atom. The quantitative estimate of drug-likeness (QED) is 0.681. The van der Waals surface area contributed by atoms with Crippen molar-refractivity contribution in [2.24, 2.45) is 5.73 Å². The van der Waals surface area contributed by atoms with Gasteiger partial charge in [0, 0.05) is 20.0 Å². The van der Waals surface area contributed by atoms with Crippen molar-refractivity contribution in [2.45, 2.75) is 19.3 Å². The van der Waals surface area contributed by atoms with E-state index in [9.17, 15) is 9.59 Å². The fourth-order valence-corrected chi connectivity index (χ4v) is 4.80. The summed E-state index contributed by atoms with van der Waals surface area (Å²) < 4.78 is 5.83. The number of thiophene rings is 2. The first kappa shape index (κ1) is 16.7. The lowest BCUT2D eigenvalue weighted by Gasteiger charge is -2.01. The smallest absolute Gasteiger partial charge is 0.305 e. The van der Waals surface area contributed by atoms with E-state index in [1.54, 1.807) is 22.7 Å². The molecule has 1 aromatic carbocycles. The van der Waals surface area contributed by atoms with Crippen molar-refractivity contribution in [1.82, 2.24) is 0 Å². The first-order valence-electron chi connectivity index (χ1n) is 7.51. The minimum atomic E-state index is -0.332. The molecule has 0 spiro atoms. The second kappa shape index (κ2) is 7.15. The van der Waals surface area contributed by atoms with E-state index < -0.39 is 0 Å². The molecule has 0 fully saturated rings. The molecule has 3 rings (SSSR count). The maximum Gasteiger partial charge on any atom is 0.305 e. The molecule has 2 N–H and O–H groups in total. The molecule has 0 atom stereocenters. The zero-order valence-corrected chi connectivity index (χ0v) is 14.8. The van der Waals surface area contributed by atoms with Crippen LogP contribution in [0.4, 0.5) is 0 Å². The minimum Gasteiger partial charge on any atom is -0.469 e. The molecule has 0 saturated heterocycles. The average molecular weight is 359 g/mol. The van der Waals surface area contributed by atoms with Crippen molar-refractivity contribution in [3.63, 3.8) is 0 Å². The second-order valence-electron chi connectivity index (χ2n) is 5.43. The van der Waals surface area contributed by atoms with Crippen LogP contribution in [0.1, 0.15) is 16.9 Å². The highest BCUT2D eigenvalue weighted by molar-refractivity contribution is 7.22. The van der Waals surface area contributed by atoms with Crippen LogP contribution in [-0.2, 0) is 27.2 Å². The van der Waals surface area contributed by atoms with Gasteiger partial charge in [0.05, 0.1) is 20.0 Å². The number of amides is 1. The molecule has 0 aliphatic carbocycles. The molecule has 0 unspecified atom stereocenters. The van der Waals surface area contributed by atoms with Crippen molar-refractivity contribution in [1.29, 1.82) is 0 Å². The number of methoxy groups -OCH3 is 1. The highest BCUT2D eigenvalue weighted by Crippen LogP contribution is 2.40. The average Bonchev–Trinajstić information content (AvgIpc) is 3.17. The monoisotopic (exact) mass is 359 g/mol. The van der Waals surface area contributed by atoms with Crippen LogP contribution >= 0.6 is 22.7 Å². The Balaban J connectivity index is 1.95. The van der Waals surface area contributed by atoms with E-state index >= 15 is 0 Å². The third-order valence-electron chi connectivity index (χ3n) is 3.77. The predicted molar refractivity (Wildman–Crippen MR) is 98.4 cm³/mol. The molecule has 124 valence electrons. The molecule has 3 aromatic rings. The van der Waals surface area contributed by atoms with Gasteiger partial charge < -0.3 is 10.5 Å². The number of rotatable bonds is 6. The van der Waals surface area contributed by atoms with Crippen molar-refractivity contribution in [2.75, 3.05) is 7.11 Å². The summed E-state index contributed by atoms with van der Waals surface area (Å²) in [4.78, 5) is 25.0. The second-order valence-corrected chi connectivity index (χ2v) is 7.47. The van der Waals surface area contributed by atoms with Crippen LogP contribution in [0.25, 0.3) is 20.5 Å². The molecule has 0 radical (unpaired) electrons. The fraction of sp³-hybridized carbons (Fsp3) is 0.222.